The largest absolute Gasteiger partial charge is 0.490 e. The van der Waals surface area contributed by atoms with Gasteiger partial charge in [-0.25, -0.2) is 23.8 Å². The Morgan fingerprint density at radius 2 is 1.16 bits per heavy atom. The van der Waals surface area contributed by atoms with Crippen molar-refractivity contribution in [2.45, 2.75) is 126 Å². The molecule has 6 nitrogen and oxygen atoms in total. The minimum absolute atomic E-state index is 0.195. The zero-order valence-electron chi connectivity index (χ0n) is 29.0. The van der Waals surface area contributed by atoms with Gasteiger partial charge in [0.2, 0.25) is 0 Å². The third-order valence-electron chi connectivity index (χ3n) is 7.65. The molecule has 2 rings (SSSR count). The Hall–Kier alpha value is -3.14. The number of unbranched alkanes of at least 4 members (excludes halogenated alkanes) is 7. The molecule has 1 aromatic carbocycles. The predicted octanol–water partition coefficient (Wildman–Crippen LogP) is 11.6. The molecule has 0 spiro atoms. The second-order valence-electron chi connectivity index (χ2n) is 12.3. The number of halogens is 16. The normalized spacial score (nSPS) is 14.3. The minimum Gasteiger partial charge on any atom is -0.490 e. The van der Waals surface area contributed by atoms with Crippen molar-refractivity contribution in [3.05, 3.63) is 42.2 Å². The van der Waals surface area contributed by atoms with Crippen molar-refractivity contribution in [1.82, 2.24) is 9.97 Å². The zero-order chi connectivity index (χ0) is 41.8. The molecule has 0 bridgehead atoms. The van der Waals surface area contributed by atoms with Crippen molar-refractivity contribution in [2.75, 3.05) is 19.8 Å². The average Bonchev–Trinajstić information content (AvgIpc) is 3.06. The smallest absolute Gasteiger partial charge is 0.460 e. The number of nitrogens with zero attached hydrogens (tertiary/aromatic N) is 2. The molecule has 0 aliphatic carbocycles. The molecule has 55 heavy (non-hydrogen) atoms. The molecule has 1 atom stereocenters. The van der Waals surface area contributed by atoms with Crippen molar-refractivity contribution in [3.8, 4) is 17.1 Å². The lowest BCUT2D eigenvalue weighted by Gasteiger charge is -2.36. The molecule has 0 radical (unpaired) electrons. The highest BCUT2D eigenvalue weighted by Crippen LogP contribution is 2.56. The van der Waals surface area contributed by atoms with Gasteiger partial charge in [-0.05, 0) is 31.2 Å². The highest BCUT2D eigenvalue weighted by atomic mass is 19.4. The lowest BCUT2D eigenvalue weighted by atomic mass is 10.0. The number of benzene rings is 1. The molecule has 0 amide bonds. The van der Waals surface area contributed by atoms with Crippen molar-refractivity contribution in [3.63, 3.8) is 0 Å². The first-order valence-corrected chi connectivity index (χ1v) is 16.8. The number of alkyl halides is 16. The fraction of sp³-hybridized carbons (Fsp3) is 0.697. The summed E-state index contributed by atoms with van der Waals surface area (Å²) < 4.78 is 224. The molecule has 22 heteroatoms. The molecule has 316 valence electrons. The van der Waals surface area contributed by atoms with Crippen LogP contribution in [0.1, 0.15) is 76.7 Å². The minimum atomic E-state index is -7.94. The van der Waals surface area contributed by atoms with Crippen LogP contribution < -0.4 is 4.74 Å². The van der Waals surface area contributed by atoms with E-state index < -0.39 is 61.8 Å². The molecule has 0 fully saturated rings. The Balaban J connectivity index is 1.71. The Bertz CT molecular complexity index is 1410. The van der Waals surface area contributed by atoms with Crippen LogP contribution in [0, 0.1) is 0 Å². The second kappa shape index (κ2) is 19.8. The Labute approximate surface area is 304 Å². The van der Waals surface area contributed by atoms with Crippen LogP contribution >= 0.6 is 0 Å². The summed E-state index contributed by atoms with van der Waals surface area (Å²) in [7, 11) is 0. The number of aryl methyl sites for hydroxylation is 1. The average molecular weight is 831 g/mol. The molecular weight excluding hydrogens is 792 g/mol. The first kappa shape index (κ1) is 48.0. The van der Waals surface area contributed by atoms with Gasteiger partial charge < -0.3 is 9.47 Å². The molecular formula is C33H38F16N2O4. The van der Waals surface area contributed by atoms with Gasteiger partial charge in [-0.1, -0.05) is 76.1 Å². The fourth-order valence-electron chi connectivity index (χ4n) is 4.62. The third kappa shape index (κ3) is 14.1. The summed E-state index contributed by atoms with van der Waals surface area (Å²) in [6.45, 7) is -0.960. The van der Waals surface area contributed by atoms with Gasteiger partial charge in [0.15, 0.2) is 11.6 Å². The first-order valence-electron chi connectivity index (χ1n) is 16.8. The zero-order valence-corrected chi connectivity index (χ0v) is 29.0. The summed E-state index contributed by atoms with van der Waals surface area (Å²) in [5.74, 6) is -14.7. The van der Waals surface area contributed by atoms with Gasteiger partial charge in [0.05, 0.1) is 25.6 Å². The molecule has 0 N–H and O–H groups in total. The summed E-state index contributed by atoms with van der Waals surface area (Å²) in [5, 5.41) is 0. The maximum absolute atomic E-state index is 14.1. The number of ether oxygens (including phenoxy) is 4. The van der Waals surface area contributed by atoms with Crippen LogP contribution in [0.5, 0.6) is 5.75 Å². The number of hydrogen-bond donors (Lipinski definition) is 0. The van der Waals surface area contributed by atoms with Crippen molar-refractivity contribution in [1.29, 1.82) is 0 Å². The lowest BCUT2D eigenvalue weighted by molar-refractivity contribution is -0.543. The van der Waals surface area contributed by atoms with Gasteiger partial charge in [0.1, 0.15) is 12.8 Å². The summed E-state index contributed by atoms with van der Waals surface area (Å²) >= 11 is 0. The van der Waals surface area contributed by atoms with Gasteiger partial charge in [0, 0.05) is 5.56 Å². The Morgan fingerprint density at radius 1 is 0.618 bits per heavy atom. The maximum atomic E-state index is 14.1. The summed E-state index contributed by atoms with van der Waals surface area (Å²) in [4.78, 5) is 8.66. The molecule has 0 saturated heterocycles. The van der Waals surface area contributed by atoms with Crippen LogP contribution in [0.3, 0.4) is 0 Å². The SMILES string of the molecule is CCCCCCCOc1cnc(-c2ccc(CCCCCC[C@@H](F)COCC(F)(F)OC(F)(F)C(F)(F)OC(F)(F)C(F)(F)C(F)(F)C(F)(F)F)cc2)nc1. The first-order chi connectivity index (χ1) is 25.3. The molecule has 0 aliphatic rings. The van der Waals surface area contributed by atoms with Gasteiger partial charge in [0.25, 0.3) is 0 Å². The van der Waals surface area contributed by atoms with E-state index in [-0.39, 0.29) is 12.8 Å². The van der Waals surface area contributed by atoms with Crippen molar-refractivity contribution in [2.24, 2.45) is 0 Å². The second-order valence-corrected chi connectivity index (χ2v) is 12.3. The van der Waals surface area contributed by atoms with Gasteiger partial charge in [-0.15, -0.1) is 0 Å². The maximum Gasteiger partial charge on any atom is 0.460 e. The third-order valence-corrected chi connectivity index (χ3v) is 7.65. The van der Waals surface area contributed by atoms with Crippen LogP contribution in [0.4, 0.5) is 70.2 Å². The predicted molar refractivity (Wildman–Crippen MR) is 162 cm³/mol. The molecule has 2 aromatic rings. The lowest BCUT2D eigenvalue weighted by Crippen LogP contribution is -2.64. The van der Waals surface area contributed by atoms with E-state index in [2.05, 4.69) is 26.4 Å². The van der Waals surface area contributed by atoms with E-state index in [1.807, 2.05) is 24.3 Å². The quantitative estimate of drug-likeness (QED) is 0.0695. The highest BCUT2D eigenvalue weighted by molar-refractivity contribution is 5.55. The number of hydrogen-bond acceptors (Lipinski definition) is 6. The van der Waals surface area contributed by atoms with Crippen LogP contribution in [0.25, 0.3) is 11.4 Å². The topological polar surface area (TPSA) is 62.7 Å². The van der Waals surface area contributed by atoms with E-state index >= 15 is 0 Å². The van der Waals surface area contributed by atoms with Gasteiger partial charge >= 0.3 is 42.5 Å². The Kier molecular flexibility index (Phi) is 17.3. The van der Waals surface area contributed by atoms with Gasteiger partial charge in [-0.2, -0.15) is 65.9 Å². The van der Waals surface area contributed by atoms with Crippen LogP contribution in [0.15, 0.2) is 36.7 Å². The van der Waals surface area contributed by atoms with Crippen LogP contribution in [0.2, 0.25) is 0 Å². The summed E-state index contributed by atoms with van der Waals surface area (Å²) in [6, 6.07) is 7.44. The van der Waals surface area contributed by atoms with E-state index in [0.717, 1.165) is 36.8 Å². The Morgan fingerprint density at radius 3 is 1.75 bits per heavy atom. The molecule has 1 heterocycles. The van der Waals surface area contributed by atoms with Crippen LogP contribution in [-0.4, -0.2) is 78.4 Å². The number of rotatable bonds is 26. The molecule has 1 aromatic heterocycles. The van der Waals surface area contributed by atoms with Crippen molar-refractivity contribution >= 4 is 0 Å². The monoisotopic (exact) mass is 830 g/mol. The summed E-state index contributed by atoms with van der Waals surface area (Å²) in [6.07, 6.45) is -26.3. The number of aromatic nitrogens is 2. The van der Waals surface area contributed by atoms with E-state index in [0.29, 0.717) is 43.9 Å². The van der Waals surface area contributed by atoms with Crippen LogP contribution in [-0.2, 0) is 20.6 Å². The molecule has 0 unspecified atom stereocenters. The van der Waals surface area contributed by atoms with Crippen molar-refractivity contribution < 1.29 is 89.2 Å². The van der Waals surface area contributed by atoms with E-state index in [1.54, 1.807) is 17.1 Å². The standard InChI is InChI=1S/C33H38F16N2O4/c1-2-3-4-7-10-17-53-25-18-50-26(51-19-25)23-15-13-22(14-16-23)11-8-5-6-9-12-24(34)20-52-21-27(35,36)54-32(46,47)33(48,49)55-31(44,45)29(39,40)28(37,38)30(41,42)43/h13-16,18-19,24H,2-12,17,20-21H2,1H3/t24-/m1/s1. The molecule has 0 aliphatic heterocycles. The van der Waals surface area contributed by atoms with Gasteiger partial charge in [-0.3, -0.25) is 0 Å². The summed E-state index contributed by atoms with van der Waals surface area (Å²) in [5.41, 5.74) is 1.76. The highest BCUT2D eigenvalue weighted by Gasteiger charge is 2.85. The fourth-order valence-corrected chi connectivity index (χ4v) is 4.62. The van der Waals surface area contributed by atoms with E-state index in [9.17, 15) is 70.2 Å². The molecule has 0 saturated carbocycles. The van der Waals surface area contributed by atoms with E-state index in [4.69, 9.17) is 4.74 Å². The van der Waals surface area contributed by atoms with E-state index in [1.165, 1.54) is 6.42 Å².